The Morgan fingerprint density at radius 2 is 1.95 bits per heavy atom. The second-order valence-electron chi connectivity index (χ2n) is 4.85. The standard InChI is InChI=1S/C15H22N2O3/c1-3-7-13(14(18)19)10-16-15(20)17(2)11-12-8-5-4-6-9-12/h4-6,8-9,13H,3,7,10-11H2,1-2H3,(H,16,20)(H,18,19). The highest BCUT2D eigenvalue weighted by molar-refractivity contribution is 5.75. The molecule has 0 aliphatic heterocycles. The number of aliphatic carboxylic acids is 1. The molecule has 1 unspecified atom stereocenters. The van der Waals surface area contributed by atoms with E-state index in [-0.39, 0.29) is 12.6 Å². The van der Waals surface area contributed by atoms with Gasteiger partial charge < -0.3 is 15.3 Å². The predicted octanol–water partition coefficient (Wildman–Crippen LogP) is 2.33. The Labute approximate surface area is 119 Å². The number of amides is 2. The summed E-state index contributed by atoms with van der Waals surface area (Å²) >= 11 is 0. The predicted molar refractivity (Wildman–Crippen MR) is 77.3 cm³/mol. The average Bonchev–Trinajstić information content (AvgIpc) is 2.43. The quantitative estimate of drug-likeness (QED) is 0.804. The fourth-order valence-corrected chi connectivity index (χ4v) is 1.94. The molecule has 1 aromatic carbocycles. The highest BCUT2D eigenvalue weighted by Crippen LogP contribution is 2.06. The van der Waals surface area contributed by atoms with Crippen molar-refractivity contribution in [3.8, 4) is 0 Å². The van der Waals surface area contributed by atoms with Gasteiger partial charge in [-0.05, 0) is 12.0 Å². The lowest BCUT2D eigenvalue weighted by atomic mass is 10.0. The molecule has 2 amide bonds. The van der Waals surface area contributed by atoms with Gasteiger partial charge in [0.25, 0.3) is 0 Å². The van der Waals surface area contributed by atoms with E-state index in [9.17, 15) is 9.59 Å². The van der Waals surface area contributed by atoms with Crippen LogP contribution in [0.3, 0.4) is 0 Å². The topological polar surface area (TPSA) is 69.6 Å². The Kier molecular flexibility index (Phi) is 6.56. The van der Waals surface area contributed by atoms with Crippen molar-refractivity contribution >= 4 is 12.0 Å². The molecular formula is C15H22N2O3. The molecule has 0 saturated heterocycles. The summed E-state index contributed by atoms with van der Waals surface area (Å²) in [6, 6.07) is 9.40. The first-order valence-electron chi connectivity index (χ1n) is 6.80. The lowest BCUT2D eigenvalue weighted by Crippen LogP contribution is -2.40. The summed E-state index contributed by atoms with van der Waals surface area (Å²) in [6.45, 7) is 2.60. The summed E-state index contributed by atoms with van der Waals surface area (Å²) in [4.78, 5) is 24.4. The summed E-state index contributed by atoms with van der Waals surface area (Å²) in [7, 11) is 1.69. The fourth-order valence-electron chi connectivity index (χ4n) is 1.94. The average molecular weight is 278 g/mol. The minimum Gasteiger partial charge on any atom is -0.481 e. The van der Waals surface area contributed by atoms with Gasteiger partial charge in [0, 0.05) is 20.1 Å². The van der Waals surface area contributed by atoms with Crippen molar-refractivity contribution in [1.29, 1.82) is 0 Å². The molecule has 1 rings (SSSR count). The molecule has 2 N–H and O–H groups in total. The molecule has 0 radical (unpaired) electrons. The minimum absolute atomic E-state index is 0.168. The molecule has 0 spiro atoms. The maximum atomic E-state index is 11.9. The fraction of sp³-hybridized carbons (Fsp3) is 0.467. The molecule has 0 aliphatic rings. The van der Waals surface area contributed by atoms with Gasteiger partial charge in [0.2, 0.25) is 0 Å². The summed E-state index contributed by atoms with van der Waals surface area (Å²) in [5, 5.41) is 11.7. The lowest BCUT2D eigenvalue weighted by molar-refractivity contribution is -0.141. The van der Waals surface area contributed by atoms with Crippen LogP contribution in [-0.4, -0.2) is 35.6 Å². The zero-order valence-electron chi connectivity index (χ0n) is 12.0. The van der Waals surface area contributed by atoms with Crippen molar-refractivity contribution in [1.82, 2.24) is 10.2 Å². The Hall–Kier alpha value is -2.04. The van der Waals surface area contributed by atoms with E-state index in [2.05, 4.69) is 5.32 Å². The van der Waals surface area contributed by atoms with E-state index in [1.165, 1.54) is 0 Å². The Bertz CT molecular complexity index is 434. The van der Waals surface area contributed by atoms with E-state index >= 15 is 0 Å². The molecule has 0 bridgehead atoms. The number of nitrogens with one attached hydrogen (secondary N) is 1. The molecule has 1 aromatic rings. The molecule has 5 nitrogen and oxygen atoms in total. The first kappa shape index (κ1) is 16.0. The van der Waals surface area contributed by atoms with Crippen molar-refractivity contribution in [3.05, 3.63) is 35.9 Å². The molecule has 0 fully saturated rings. The molecule has 110 valence electrons. The number of carbonyl (C=O) groups is 2. The Morgan fingerprint density at radius 1 is 1.30 bits per heavy atom. The van der Waals surface area contributed by atoms with Crippen LogP contribution in [0.4, 0.5) is 4.79 Å². The van der Waals surface area contributed by atoms with Crippen LogP contribution in [0.2, 0.25) is 0 Å². The second-order valence-corrected chi connectivity index (χ2v) is 4.85. The van der Waals surface area contributed by atoms with Gasteiger partial charge in [0.05, 0.1) is 5.92 Å². The van der Waals surface area contributed by atoms with Crippen LogP contribution in [0.15, 0.2) is 30.3 Å². The number of hydrogen-bond acceptors (Lipinski definition) is 2. The van der Waals surface area contributed by atoms with Gasteiger partial charge in [-0.1, -0.05) is 43.7 Å². The third-order valence-corrected chi connectivity index (χ3v) is 3.10. The summed E-state index contributed by atoms with van der Waals surface area (Å²) in [6.07, 6.45) is 1.35. The van der Waals surface area contributed by atoms with Crippen molar-refractivity contribution < 1.29 is 14.7 Å². The molecule has 0 saturated carbocycles. The second kappa shape index (κ2) is 8.19. The third-order valence-electron chi connectivity index (χ3n) is 3.10. The Morgan fingerprint density at radius 3 is 2.50 bits per heavy atom. The first-order chi connectivity index (χ1) is 9.54. The molecule has 0 heterocycles. The SMILES string of the molecule is CCCC(CNC(=O)N(C)Cc1ccccc1)C(=O)O. The normalized spacial score (nSPS) is 11.7. The van der Waals surface area contributed by atoms with Crippen LogP contribution >= 0.6 is 0 Å². The number of carbonyl (C=O) groups excluding carboxylic acids is 1. The maximum Gasteiger partial charge on any atom is 0.317 e. The van der Waals surface area contributed by atoms with Crippen LogP contribution in [0, 0.1) is 5.92 Å². The lowest BCUT2D eigenvalue weighted by Gasteiger charge is -2.19. The van der Waals surface area contributed by atoms with Crippen molar-refractivity contribution in [2.75, 3.05) is 13.6 Å². The molecule has 20 heavy (non-hydrogen) atoms. The number of nitrogens with zero attached hydrogens (tertiary/aromatic N) is 1. The number of carboxylic acid groups (broad SMARTS) is 1. The number of carboxylic acids is 1. The summed E-state index contributed by atoms with van der Waals surface area (Å²) in [5.74, 6) is -1.38. The zero-order chi connectivity index (χ0) is 15.0. The van der Waals surface area contributed by atoms with E-state index in [1.54, 1.807) is 11.9 Å². The number of urea groups is 1. The Balaban J connectivity index is 2.43. The van der Waals surface area contributed by atoms with Gasteiger partial charge in [-0.3, -0.25) is 4.79 Å². The largest absolute Gasteiger partial charge is 0.481 e. The van der Waals surface area contributed by atoms with E-state index in [0.717, 1.165) is 12.0 Å². The number of rotatable bonds is 7. The monoisotopic (exact) mass is 278 g/mol. The van der Waals surface area contributed by atoms with E-state index in [4.69, 9.17) is 5.11 Å². The van der Waals surface area contributed by atoms with Gasteiger partial charge in [-0.25, -0.2) is 4.79 Å². The van der Waals surface area contributed by atoms with Crippen LogP contribution in [0.1, 0.15) is 25.3 Å². The first-order valence-corrected chi connectivity index (χ1v) is 6.80. The van der Waals surface area contributed by atoms with E-state index < -0.39 is 11.9 Å². The summed E-state index contributed by atoms with van der Waals surface area (Å²) < 4.78 is 0. The van der Waals surface area contributed by atoms with E-state index in [0.29, 0.717) is 13.0 Å². The van der Waals surface area contributed by atoms with Gasteiger partial charge in [-0.15, -0.1) is 0 Å². The van der Waals surface area contributed by atoms with Gasteiger partial charge in [0.15, 0.2) is 0 Å². The molecular weight excluding hydrogens is 256 g/mol. The molecule has 5 heteroatoms. The summed E-state index contributed by atoms with van der Waals surface area (Å²) in [5.41, 5.74) is 1.04. The van der Waals surface area contributed by atoms with Crippen molar-refractivity contribution in [2.24, 2.45) is 5.92 Å². The van der Waals surface area contributed by atoms with Crippen LogP contribution in [0.25, 0.3) is 0 Å². The third kappa shape index (κ3) is 5.30. The van der Waals surface area contributed by atoms with Crippen LogP contribution in [0.5, 0.6) is 0 Å². The molecule has 0 aliphatic carbocycles. The highest BCUT2D eigenvalue weighted by atomic mass is 16.4. The van der Waals surface area contributed by atoms with Gasteiger partial charge >= 0.3 is 12.0 Å². The smallest absolute Gasteiger partial charge is 0.317 e. The van der Waals surface area contributed by atoms with Crippen LogP contribution < -0.4 is 5.32 Å². The zero-order valence-corrected chi connectivity index (χ0v) is 12.0. The minimum atomic E-state index is -0.863. The van der Waals surface area contributed by atoms with Crippen LogP contribution in [-0.2, 0) is 11.3 Å². The molecule has 0 aromatic heterocycles. The highest BCUT2D eigenvalue weighted by Gasteiger charge is 2.18. The van der Waals surface area contributed by atoms with Gasteiger partial charge in [-0.2, -0.15) is 0 Å². The van der Waals surface area contributed by atoms with Crippen molar-refractivity contribution in [3.63, 3.8) is 0 Å². The number of hydrogen-bond donors (Lipinski definition) is 2. The maximum absolute atomic E-state index is 11.9. The van der Waals surface area contributed by atoms with Crippen molar-refractivity contribution in [2.45, 2.75) is 26.3 Å². The number of benzene rings is 1. The van der Waals surface area contributed by atoms with E-state index in [1.807, 2.05) is 37.3 Å². The van der Waals surface area contributed by atoms with Gasteiger partial charge in [0.1, 0.15) is 0 Å². The molecule has 1 atom stereocenters.